The zero-order valence-corrected chi connectivity index (χ0v) is 12.9. The highest BCUT2D eigenvalue weighted by Crippen LogP contribution is 2.27. The molecule has 2 aromatic rings. The standard InChI is InChI=1S/C17H20N4O2/c18-16-12-15(6-7-17(16)21(22)23)20-10-8-19(9-11-20)13-14-4-2-1-3-5-14/h1-7,12H,8-11,13,18H2. The van der Waals surface area contributed by atoms with Gasteiger partial charge in [-0.05, 0) is 17.7 Å². The van der Waals surface area contributed by atoms with Gasteiger partial charge >= 0.3 is 0 Å². The van der Waals surface area contributed by atoms with E-state index in [4.69, 9.17) is 5.73 Å². The van der Waals surface area contributed by atoms with Gasteiger partial charge in [0.2, 0.25) is 0 Å². The summed E-state index contributed by atoms with van der Waals surface area (Å²) in [6.45, 7) is 4.67. The van der Waals surface area contributed by atoms with E-state index in [0.717, 1.165) is 38.4 Å². The van der Waals surface area contributed by atoms with Gasteiger partial charge in [-0.2, -0.15) is 0 Å². The van der Waals surface area contributed by atoms with Crippen molar-refractivity contribution in [2.75, 3.05) is 36.8 Å². The van der Waals surface area contributed by atoms with Crippen LogP contribution in [0.4, 0.5) is 17.1 Å². The summed E-state index contributed by atoms with van der Waals surface area (Å²) in [4.78, 5) is 15.0. The van der Waals surface area contributed by atoms with Crippen LogP contribution >= 0.6 is 0 Å². The average molecular weight is 312 g/mol. The molecule has 1 heterocycles. The highest BCUT2D eigenvalue weighted by molar-refractivity contribution is 5.66. The fourth-order valence-corrected chi connectivity index (χ4v) is 2.91. The van der Waals surface area contributed by atoms with Crippen LogP contribution in [-0.4, -0.2) is 36.0 Å². The van der Waals surface area contributed by atoms with Crippen molar-refractivity contribution in [3.8, 4) is 0 Å². The van der Waals surface area contributed by atoms with Crippen molar-refractivity contribution in [3.05, 3.63) is 64.2 Å². The summed E-state index contributed by atoms with van der Waals surface area (Å²) < 4.78 is 0. The minimum atomic E-state index is -0.448. The largest absolute Gasteiger partial charge is 0.393 e. The first-order valence-electron chi connectivity index (χ1n) is 7.68. The van der Waals surface area contributed by atoms with Crippen LogP contribution in [0.15, 0.2) is 48.5 Å². The highest BCUT2D eigenvalue weighted by Gasteiger charge is 2.19. The molecular weight excluding hydrogens is 292 g/mol. The second kappa shape index (κ2) is 6.66. The number of rotatable bonds is 4. The third kappa shape index (κ3) is 3.60. The second-order valence-electron chi connectivity index (χ2n) is 5.75. The number of nitrogens with two attached hydrogens (primary N) is 1. The van der Waals surface area contributed by atoms with E-state index in [1.807, 2.05) is 6.07 Å². The fraction of sp³-hybridized carbons (Fsp3) is 0.294. The molecule has 0 bridgehead atoms. The number of piperazine rings is 1. The molecule has 2 aromatic carbocycles. The van der Waals surface area contributed by atoms with Crippen molar-refractivity contribution in [2.45, 2.75) is 6.54 Å². The number of hydrogen-bond donors (Lipinski definition) is 1. The number of benzene rings is 2. The minimum Gasteiger partial charge on any atom is -0.393 e. The molecule has 0 saturated carbocycles. The number of nitro groups is 1. The van der Waals surface area contributed by atoms with Gasteiger partial charge in [0, 0.05) is 44.5 Å². The lowest BCUT2D eigenvalue weighted by Gasteiger charge is -2.36. The summed E-state index contributed by atoms with van der Waals surface area (Å²) >= 11 is 0. The molecule has 23 heavy (non-hydrogen) atoms. The van der Waals surface area contributed by atoms with Crippen LogP contribution in [0.1, 0.15) is 5.56 Å². The Kier molecular flexibility index (Phi) is 4.43. The van der Waals surface area contributed by atoms with E-state index in [1.165, 1.54) is 11.6 Å². The normalized spacial score (nSPS) is 15.6. The average Bonchev–Trinajstić information content (AvgIpc) is 2.56. The van der Waals surface area contributed by atoms with E-state index >= 15 is 0 Å². The topological polar surface area (TPSA) is 75.6 Å². The number of hydrogen-bond acceptors (Lipinski definition) is 5. The van der Waals surface area contributed by atoms with E-state index in [1.54, 1.807) is 12.1 Å². The van der Waals surface area contributed by atoms with Crippen LogP contribution in [0, 0.1) is 10.1 Å². The van der Waals surface area contributed by atoms with Crippen LogP contribution in [0.25, 0.3) is 0 Å². The monoisotopic (exact) mass is 312 g/mol. The van der Waals surface area contributed by atoms with Crippen molar-refractivity contribution in [2.24, 2.45) is 0 Å². The van der Waals surface area contributed by atoms with Gasteiger partial charge in [-0.25, -0.2) is 0 Å². The summed E-state index contributed by atoms with van der Waals surface area (Å²) in [5.74, 6) is 0. The predicted molar refractivity (Wildman–Crippen MR) is 91.4 cm³/mol. The van der Waals surface area contributed by atoms with E-state index in [9.17, 15) is 10.1 Å². The van der Waals surface area contributed by atoms with Crippen LogP contribution in [-0.2, 0) is 6.54 Å². The Balaban J connectivity index is 1.60. The number of nitrogens with zero attached hydrogens (tertiary/aromatic N) is 3. The molecule has 1 aliphatic rings. The maximum Gasteiger partial charge on any atom is 0.292 e. The van der Waals surface area contributed by atoms with Crippen LogP contribution in [0.5, 0.6) is 0 Å². The zero-order chi connectivity index (χ0) is 16.2. The van der Waals surface area contributed by atoms with Gasteiger partial charge in [0.15, 0.2) is 0 Å². The van der Waals surface area contributed by atoms with E-state index in [2.05, 4.69) is 34.1 Å². The summed E-state index contributed by atoms with van der Waals surface area (Å²) in [5.41, 5.74) is 8.24. The maximum atomic E-state index is 10.8. The van der Waals surface area contributed by atoms with Crippen molar-refractivity contribution in [1.82, 2.24) is 4.90 Å². The minimum absolute atomic E-state index is 0.0311. The summed E-state index contributed by atoms with van der Waals surface area (Å²) in [6.07, 6.45) is 0. The lowest BCUT2D eigenvalue weighted by atomic mass is 10.1. The lowest BCUT2D eigenvalue weighted by molar-refractivity contribution is -0.383. The Bertz CT molecular complexity index is 682. The second-order valence-corrected chi connectivity index (χ2v) is 5.75. The first kappa shape index (κ1) is 15.3. The molecule has 0 atom stereocenters. The molecule has 0 aliphatic carbocycles. The molecule has 6 heteroatoms. The molecule has 0 amide bonds. The number of nitro benzene ring substituents is 1. The molecule has 0 radical (unpaired) electrons. The Hall–Kier alpha value is -2.60. The molecule has 1 fully saturated rings. The molecule has 6 nitrogen and oxygen atoms in total. The number of anilines is 2. The third-order valence-electron chi connectivity index (χ3n) is 4.19. The van der Waals surface area contributed by atoms with Gasteiger partial charge in [-0.15, -0.1) is 0 Å². The summed E-state index contributed by atoms with van der Waals surface area (Å²) in [5, 5.41) is 10.8. The van der Waals surface area contributed by atoms with Crippen molar-refractivity contribution in [3.63, 3.8) is 0 Å². The number of nitrogen functional groups attached to an aromatic ring is 1. The van der Waals surface area contributed by atoms with Crippen molar-refractivity contribution < 1.29 is 4.92 Å². The zero-order valence-electron chi connectivity index (χ0n) is 12.9. The molecule has 2 N–H and O–H groups in total. The Labute approximate surface area is 135 Å². The van der Waals surface area contributed by atoms with Gasteiger partial charge in [-0.3, -0.25) is 15.0 Å². The molecule has 1 saturated heterocycles. The quantitative estimate of drug-likeness (QED) is 0.533. The predicted octanol–water partition coefficient (Wildman–Crippen LogP) is 2.50. The summed E-state index contributed by atoms with van der Waals surface area (Å²) in [7, 11) is 0. The van der Waals surface area contributed by atoms with Gasteiger partial charge in [0.1, 0.15) is 5.69 Å². The Morgan fingerprint density at radius 2 is 1.74 bits per heavy atom. The molecule has 1 aliphatic heterocycles. The SMILES string of the molecule is Nc1cc(N2CCN(Cc3ccccc3)CC2)ccc1[N+](=O)[O-]. The maximum absolute atomic E-state index is 10.8. The Morgan fingerprint density at radius 3 is 2.35 bits per heavy atom. The van der Waals surface area contributed by atoms with Crippen LogP contribution in [0.3, 0.4) is 0 Å². The molecule has 120 valence electrons. The molecule has 3 rings (SSSR count). The van der Waals surface area contributed by atoms with Gasteiger partial charge < -0.3 is 10.6 Å². The Morgan fingerprint density at radius 1 is 1.04 bits per heavy atom. The van der Waals surface area contributed by atoms with E-state index in [-0.39, 0.29) is 11.4 Å². The molecule has 0 unspecified atom stereocenters. The summed E-state index contributed by atoms with van der Waals surface area (Å²) in [6, 6.07) is 15.4. The van der Waals surface area contributed by atoms with Crippen molar-refractivity contribution >= 4 is 17.1 Å². The van der Waals surface area contributed by atoms with Crippen molar-refractivity contribution in [1.29, 1.82) is 0 Å². The molecule has 0 spiro atoms. The van der Waals surface area contributed by atoms with Crippen LogP contribution in [0.2, 0.25) is 0 Å². The van der Waals surface area contributed by atoms with Gasteiger partial charge in [0.25, 0.3) is 5.69 Å². The first-order valence-corrected chi connectivity index (χ1v) is 7.68. The van der Waals surface area contributed by atoms with Crippen LogP contribution < -0.4 is 10.6 Å². The first-order chi connectivity index (χ1) is 11.1. The smallest absolute Gasteiger partial charge is 0.292 e. The van der Waals surface area contributed by atoms with Gasteiger partial charge in [-0.1, -0.05) is 30.3 Å². The van der Waals surface area contributed by atoms with E-state index < -0.39 is 4.92 Å². The highest BCUT2D eigenvalue weighted by atomic mass is 16.6. The lowest BCUT2D eigenvalue weighted by Crippen LogP contribution is -2.45. The fourth-order valence-electron chi connectivity index (χ4n) is 2.91. The molecule has 0 aromatic heterocycles. The third-order valence-corrected chi connectivity index (χ3v) is 4.19. The van der Waals surface area contributed by atoms with Gasteiger partial charge in [0.05, 0.1) is 4.92 Å². The molecular formula is C17H20N4O2. The van der Waals surface area contributed by atoms with E-state index in [0.29, 0.717) is 0 Å².